The first kappa shape index (κ1) is 14.0. The van der Waals surface area contributed by atoms with Gasteiger partial charge in [0.2, 0.25) is 5.91 Å². The van der Waals surface area contributed by atoms with Gasteiger partial charge in [-0.05, 0) is 26.0 Å². The first-order valence-corrected chi connectivity index (χ1v) is 5.94. The number of aromatic carboxylic acids is 1. The fraction of sp³-hybridized carbons (Fsp3) is 0.385. The van der Waals surface area contributed by atoms with E-state index < -0.39 is 5.97 Å². The Bertz CT molecular complexity index is 432. The van der Waals surface area contributed by atoms with Gasteiger partial charge in [0, 0.05) is 13.1 Å². The average Bonchev–Trinajstić information content (AvgIpc) is 2.36. The normalized spacial score (nSPS) is 9.89. The van der Waals surface area contributed by atoms with Gasteiger partial charge < -0.3 is 15.3 Å². The lowest BCUT2D eigenvalue weighted by atomic mass is 10.1. The number of nitrogens with one attached hydrogen (secondary N) is 1. The maximum absolute atomic E-state index is 11.6. The molecular weight excluding hydrogens is 232 g/mol. The molecule has 0 aliphatic heterocycles. The molecule has 98 valence electrons. The number of carboxylic acids is 1. The molecule has 5 nitrogen and oxygen atoms in total. The summed E-state index contributed by atoms with van der Waals surface area (Å²) >= 11 is 0. The number of likely N-dealkylation sites (N-methyl/N-ethyl adjacent to an activating group) is 2. The van der Waals surface area contributed by atoms with Crippen LogP contribution in [-0.2, 0) is 4.79 Å². The van der Waals surface area contributed by atoms with Crippen LogP contribution < -0.4 is 10.2 Å². The van der Waals surface area contributed by atoms with Crippen LogP contribution in [0.5, 0.6) is 0 Å². The number of hydrogen-bond acceptors (Lipinski definition) is 3. The molecule has 0 aliphatic carbocycles. The van der Waals surface area contributed by atoms with E-state index in [1.165, 1.54) is 6.07 Å². The zero-order valence-corrected chi connectivity index (χ0v) is 10.6. The quantitative estimate of drug-likeness (QED) is 0.799. The minimum atomic E-state index is -0.986. The molecule has 18 heavy (non-hydrogen) atoms. The van der Waals surface area contributed by atoms with Crippen molar-refractivity contribution in [1.29, 1.82) is 0 Å². The third kappa shape index (κ3) is 3.48. The topological polar surface area (TPSA) is 69.6 Å². The van der Waals surface area contributed by atoms with E-state index in [4.69, 9.17) is 5.11 Å². The summed E-state index contributed by atoms with van der Waals surface area (Å²) in [7, 11) is 0. The fourth-order valence-electron chi connectivity index (χ4n) is 1.72. The summed E-state index contributed by atoms with van der Waals surface area (Å²) < 4.78 is 0. The lowest BCUT2D eigenvalue weighted by Gasteiger charge is -2.23. The Morgan fingerprint density at radius 3 is 2.50 bits per heavy atom. The van der Waals surface area contributed by atoms with Crippen molar-refractivity contribution in [3.8, 4) is 0 Å². The fourth-order valence-corrected chi connectivity index (χ4v) is 1.72. The average molecular weight is 250 g/mol. The van der Waals surface area contributed by atoms with E-state index in [0.29, 0.717) is 18.8 Å². The van der Waals surface area contributed by atoms with Crippen LogP contribution in [0.1, 0.15) is 24.2 Å². The standard InChI is InChI=1S/C13H18N2O3/c1-3-14-12(16)9-15(4-2)11-8-6-5-7-10(11)13(17)18/h5-8H,3-4,9H2,1-2H3,(H,14,16)(H,17,18). The second kappa shape index (κ2) is 6.64. The van der Waals surface area contributed by atoms with Crippen molar-refractivity contribution >= 4 is 17.6 Å². The SMILES string of the molecule is CCNC(=O)CN(CC)c1ccccc1C(=O)O. The van der Waals surface area contributed by atoms with Gasteiger partial charge in [-0.15, -0.1) is 0 Å². The lowest BCUT2D eigenvalue weighted by molar-refractivity contribution is -0.119. The van der Waals surface area contributed by atoms with Gasteiger partial charge in [0.1, 0.15) is 0 Å². The minimum absolute atomic E-state index is 0.112. The molecule has 0 aromatic heterocycles. The van der Waals surface area contributed by atoms with Gasteiger partial charge in [-0.1, -0.05) is 12.1 Å². The van der Waals surface area contributed by atoms with Crippen molar-refractivity contribution in [2.75, 3.05) is 24.5 Å². The Kier molecular flexibility index (Phi) is 5.17. The summed E-state index contributed by atoms with van der Waals surface area (Å²) in [6, 6.07) is 6.69. The third-order valence-electron chi connectivity index (χ3n) is 2.57. The molecule has 2 N–H and O–H groups in total. The zero-order valence-electron chi connectivity index (χ0n) is 10.6. The van der Waals surface area contributed by atoms with Crippen LogP contribution >= 0.6 is 0 Å². The first-order chi connectivity index (χ1) is 8.60. The molecular formula is C13H18N2O3. The highest BCUT2D eigenvalue weighted by atomic mass is 16.4. The summed E-state index contributed by atoms with van der Waals surface area (Å²) in [5, 5.41) is 11.8. The molecule has 0 spiro atoms. The molecule has 0 aliphatic rings. The number of rotatable bonds is 6. The monoisotopic (exact) mass is 250 g/mol. The Labute approximate surface area is 106 Å². The predicted octanol–water partition coefficient (Wildman–Crippen LogP) is 1.35. The molecule has 0 saturated carbocycles. The van der Waals surface area contributed by atoms with E-state index >= 15 is 0 Å². The number of carbonyl (C=O) groups is 2. The predicted molar refractivity (Wildman–Crippen MR) is 70.0 cm³/mol. The van der Waals surface area contributed by atoms with E-state index in [2.05, 4.69) is 5.32 Å². The maximum Gasteiger partial charge on any atom is 0.337 e. The van der Waals surface area contributed by atoms with E-state index in [1.54, 1.807) is 23.1 Å². The number of benzene rings is 1. The van der Waals surface area contributed by atoms with Crippen molar-refractivity contribution in [2.45, 2.75) is 13.8 Å². The maximum atomic E-state index is 11.6. The van der Waals surface area contributed by atoms with Crippen LogP contribution in [0.15, 0.2) is 24.3 Å². The molecule has 1 amide bonds. The van der Waals surface area contributed by atoms with Gasteiger partial charge in [-0.2, -0.15) is 0 Å². The van der Waals surface area contributed by atoms with Crippen molar-refractivity contribution in [3.63, 3.8) is 0 Å². The number of carboxylic acid groups (broad SMARTS) is 1. The summed E-state index contributed by atoms with van der Waals surface area (Å²) in [6.45, 7) is 5.03. The first-order valence-electron chi connectivity index (χ1n) is 5.94. The van der Waals surface area contributed by atoms with Gasteiger partial charge >= 0.3 is 5.97 Å². The van der Waals surface area contributed by atoms with Crippen LogP contribution in [-0.4, -0.2) is 36.6 Å². The van der Waals surface area contributed by atoms with Crippen LogP contribution in [0.3, 0.4) is 0 Å². The molecule has 0 atom stereocenters. The Morgan fingerprint density at radius 1 is 1.28 bits per heavy atom. The van der Waals surface area contributed by atoms with Crippen LogP contribution in [0, 0.1) is 0 Å². The Hall–Kier alpha value is -2.04. The lowest BCUT2D eigenvalue weighted by Crippen LogP contribution is -2.37. The number of amides is 1. The number of para-hydroxylation sites is 1. The van der Waals surface area contributed by atoms with Crippen molar-refractivity contribution in [3.05, 3.63) is 29.8 Å². The number of hydrogen-bond donors (Lipinski definition) is 2. The molecule has 1 rings (SSSR count). The van der Waals surface area contributed by atoms with Gasteiger partial charge in [0.05, 0.1) is 17.8 Å². The summed E-state index contributed by atoms with van der Waals surface area (Å²) in [4.78, 5) is 24.4. The molecule has 5 heteroatoms. The zero-order chi connectivity index (χ0) is 13.5. The van der Waals surface area contributed by atoms with Crippen LogP contribution in [0.25, 0.3) is 0 Å². The van der Waals surface area contributed by atoms with Crippen molar-refractivity contribution < 1.29 is 14.7 Å². The molecule has 0 fully saturated rings. The summed E-state index contributed by atoms with van der Waals surface area (Å²) in [6.07, 6.45) is 0. The highest BCUT2D eigenvalue weighted by Crippen LogP contribution is 2.19. The van der Waals surface area contributed by atoms with Crippen LogP contribution in [0.4, 0.5) is 5.69 Å². The molecule has 0 bridgehead atoms. The minimum Gasteiger partial charge on any atom is -0.478 e. The van der Waals surface area contributed by atoms with Gasteiger partial charge in [-0.3, -0.25) is 4.79 Å². The largest absolute Gasteiger partial charge is 0.478 e. The Morgan fingerprint density at radius 2 is 1.94 bits per heavy atom. The van der Waals surface area contributed by atoms with Gasteiger partial charge in [0.15, 0.2) is 0 Å². The van der Waals surface area contributed by atoms with E-state index in [1.807, 2.05) is 13.8 Å². The Balaban J connectivity index is 2.94. The second-order valence-corrected chi connectivity index (χ2v) is 3.79. The van der Waals surface area contributed by atoms with E-state index in [9.17, 15) is 9.59 Å². The highest BCUT2D eigenvalue weighted by molar-refractivity contribution is 5.95. The van der Waals surface area contributed by atoms with E-state index in [0.717, 1.165) is 0 Å². The van der Waals surface area contributed by atoms with Gasteiger partial charge in [-0.25, -0.2) is 4.79 Å². The molecule has 1 aromatic rings. The molecule has 1 aromatic carbocycles. The number of anilines is 1. The van der Waals surface area contributed by atoms with Crippen molar-refractivity contribution in [1.82, 2.24) is 5.32 Å². The summed E-state index contributed by atoms with van der Waals surface area (Å²) in [5.41, 5.74) is 0.780. The molecule has 0 radical (unpaired) electrons. The molecule has 0 heterocycles. The number of carbonyl (C=O) groups excluding carboxylic acids is 1. The molecule has 0 saturated heterocycles. The van der Waals surface area contributed by atoms with Gasteiger partial charge in [0.25, 0.3) is 0 Å². The number of nitrogens with zero attached hydrogens (tertiary/aromatic N) is 1. The smallest absolute Gasteiger partial charge is 0.337 e. The third-order valence-corrected chi connectivity index (χ3v) is 2.57. The highest BCUT2D eigenvalue weighted by Gasteiger charge is 2.16. The van der Waals surface area contributed by atoms with Crippen molar-refractivity contribution in [2.24, 2.45) is 0 Å². The van der Waals surface area contributed by atoms with E-state index in [-0.39, 0.29) is 18.0 Å². The second-order valence-electron chi connectivity index (χ2n) is 3.79. The van der Waals surface area contributed by atoms with Crippen LogP contribution in [0.2, 0.25) is 0 Å². The summed E-state index contributed by atoms with van der Waals surface area (Å²) in [5.74, 6) is -1.10. The molecule has 0 unspecified atom stereocenters.